The number of nitrogens with one attached hydrogen (secondary N) is 1. The minimum atomic E-state index is -0.659. The van der Waals surface area contributed by atoms with Gasteiger partial charge in [-0.1, -0.05) is 18.2 Å². The van der Waals surface area contributed by atoms with Gasteiger partial charge in [0.2, 0.25) is 5.88 Å². The summed E-state index contributed by atoms with van der Waals surface area (Å²) in [6, 6.07) is 26.0. The van der Waals surface area contributed by atoms with Crippen LogP contribution in [0.2, 0.25) is 0 Å². The fourth-order valence-electron chi connectivity index (χ4n) is 4.07. The van der Waals surface area contributed by atoms with E-state index in [4.69, 9.17) is 25.2 Å². The van der Waals surface area contributed by atoms with E-state index in [2.05, 4.69) is 4.98 Å². The third kappa shape index (κ3) is 6.40. The van der Waals surface area contributed by atoms with Crippen molar-refractivity contribution in [1.82, 2.24) is 9.88 Å². The first-order chi connectivity index (χ1) is 19.5. The lowest BCUT2D eigenvalue weighted by Gasteiger charge is -2.34. The monoisotopic (exact) mass is 541 g/mol. The Labute approximate surface area is 230 Å². The van der Waals surface area contributed by atoms with Crippen molar-refractivity contribution in [3.8, 4) is 28.9 Å². The second-order valence-corrected chi connectivity index (χ2v) is 8.85. The Morgan fingerprint density at radius 1 is 0.750 bits per heavy atom. The van der Waals surface area contributed by atoms with Gasteiger partial charge in [0.05, 0.1) is 5.69 Å². The van der Waals surface area contributed by atoms with E-state index < -0.39 is 12.0 Å². The van der Waals surface area contributed by atoms with E-state index >= 15 is 0 Å². The van der Waals surface area contributed by atoms with Gasteiger partial charge in [-0.15, -0.1) is 0 Å². The molecule has 0 unspecified atom stereocenters. The normalized spacial score (nSPS) is 12.9. The van der Waals surface area contributed by atoms with E-state index in [0.717, 1.165) is 0 Å². The number of nitrogens with zero attached hydrogens (tertiary/aromatic N) is 3. The first kappa shape index (κ1) is 26.3. The van der Waals surface area contributed by atoms with Crippen LogP contribution in [0.3, 0.4) is 0 Å². The van der Waals surface area contributed by atoms with E-state index in [0.29, 0.717) is 60.7 Å². The third-order valence-corrected chi connectivity index (χ3v) is 6.18. The zero-order valence-corrected chi connectivity index (χ0v) is 21.4. The number of pyridine rings is 1. The van der Waals surface area contributed by atoms with E-state index in [9.17, 15) is 9.59 Å². The van der Waals surface area contributed by atoms with Crippen LogP contribution in [-0.2, 0) is 0 Å². The van der Waals surface area contributed by atoms with Gasteiger partial charge in [0.1, 0.15) is 34.4 Å². The van der Waals surface area contributed by atoms with Crippen LogP contribution in [0.5, 0.6) is 28.9 Å². The van der Waals surface area contributed by atoms with Gasteiger partial charge in [-0.05, 0) is 72.8 Å². The molecule has 2 heterocycles. The first-order valence-corrected chi connectivity index (χ1v) is 12.5. The number of amides is 2. The van der Waals surface area contributed by atoms with Crippen LogP contribution in [-0.4, -0.2) is 53.3 Å². The fourth-order valence-corrected chi connectivity index (χ4v) is 4.07. The van der Waals surface area contributed by atoms with Crippen molar-refractivity contribution in [3.63, 3.8) is 0 Å². The molecular weight excluding hydrogens is 514 g/mol. The second-order valence-electron chi connectivity index (χ2n) is 8.85. The van der Waals surface area contributed by atoms with Gasteiger partial charge in [-0.25, -0.2) is 4.79 Å². The number of carbonyl (C=O) groups is 2. The molecule has 11 nitrogen and oxygen atoms in total. The van der Waals surface area contributed by atoms with Gasteiger partial charge in [0.25, 0.3) is 5.91 Å². The number of carbonyl (C=O) groups excluding carboxylic acids is 2. The van der Waals surface area contributed by atoms with Crippen LogP contribution in [0, 0.1) is 0 Å². The molecule has 204 valence electrons. The Hall–Kier alpha value is -5.29. The van der Waals surface area contributed by atoms with Crippen LogP contribution in [0.15, 0.2) is 91.0 Å². The summed E-state index contributed by atoms with van der Waals surface area (Å²) in [5, 5.41) is 8.91. The van der Waals surface area contributed by atoms with E-state index in [1.165, 1.54) is 0 Å². The number of anilines is 2. The highest BCUT2D eigenvalue weighted by Crippen LogP contribution is 2.29. The van der Waals surface area contributed by atoms with Crippen LogP contribution in [0.4, 0.5) is 16.3 Å². The third-order valence-electron chi connectivity index (χ3n) is 6.18. The zero-order chi connectivity index (χ0) is 27.9. The van der Waals surface area contributed by atoms with Crippen LogP contribution < -0.4 is 30.3 Å². The molecule has 1 fully saturated rings. The van der Waals surface area contributed by atoms with Crippen LogP contribution in [0.1, 0.15) is 10.4 Å². The number of para-hydroxylation sites is 1. The van der Waals surface area contributed by atoms with Gasteiger partial charge in [-0.3, -0.25) is 15.5 Å². The summed E-state index contributed by atoms with van der Waals surface area (Å²) >= 11 is 0. The van der Waals surface area contributed by atoms with Crippen LogP contribution >= 0.6 is 0 Å². The van der Waals surface area contributed by atoms with Crippen molar-refractivity contribution >= 4 is 23.5 Å². The van der Waals surface area contributed by atoms with Gasteiger partial charge in [0.15, 0.2) is 0 Å². The standard InChI is InChI=1S/C29H27N5O6/c30-27(35)25-14-15-26(31-28(25)39-23-12-10-22(11-13-23)38-21-4-2-1-3-5-21)33-16-18-34(19-17-33)29(36)40-24-8-6-20(32-37)7-9-24/h1-15,32,37H,16-19H2,(H2,30,35). The molecular formula is C29H27N5O6. The molecule has 0 bridgehead atoms. The summed E-state index contributed by atoms with van der Waals surface area (Å²) in [5.41, 5.74) is 8.24. The Bertz CT molecular complexity index is 1460. The van der Waals surface area contributed by atoms with Crippen molar-refractivity contribution in [2.24, 2.45) is 5.73 Å². The van der Waals surface area contributed by atoms with Gasteiger partial charge in [-0.2, -0.15) is 4.98 Å². The Morgan fingerprint density at radius 3 is 1.98 bits per heavy atom. The quantitative estimate of drug-likeness (QED) is 0.266. The number of primary amides is 1. The van der Waals surface area contributed by atoms with E-state index in [-0.39, 0.29) is 11.4 Å². The molecule has 40 heavy (non-hydrogen) atoms. The molecule has 3 aromatic carbocycles. The predicted molar refractivity (Wildman–Crippen MR) is 147 cm³/mol. The SMILES string of the molecule is NC(=O)c1ccc(N2CCN(C(=O)Oc3ccc(NO)cc3)CC2)nc1Oc1ccc(Oc2ccccc2)cc1. The molecule has 1 aliphatic rings. The minimum absolute atomic E-state index is 0.0874. The highest BCUT2D eigenvalue weighted by Gasteiger charge is 2.25. The Morgan fingerprint density at radius 2 is 1.35 bits per heavy atom. The van der Waals surface area contributed by atoms with Crippen molar-refractivity contribution in [2.45, 2.75) is 0 Å². The summed E-state index contributed by atoms with van der Waals surface area (Å²) in [6.45, 7) is 1.81. The summed E-state index contributed by atoms with van der Waals surface area (Å²) < 4.78 is 17.2. The largest absolute Gasteiger partial charge is 0.457 e. The topological polar surface area (TPSA) is 139 Å². The fraction of sp³-hybridized carbons (Fsp3) is 0.138. The van der Waals surface area contributed by atoms with Crippen molar-refractivity contribution in [2.75, 3.05) is 36.6 Å². The van der Waals surface area contributed by atoms with Crippen molar-refractivity contribution in [1.29, 1.82) is 0 Å². The van der Waals surface area contributed by atoms with Gasteiger partial charge in [0, 0.05) is 26.2 Å². The molecule has 1 aliphatic heterocycles. The number of ether oxygens (including phenoxy) is 3. The lowest BCUT2D eigenvalue weighted by molar-refractivity contribution is 0.0997. The lowest BCUT2D eigenvalue weighted by Crippen LogP contribution is -2.49. The number of piperazine rings is 1. The average Bonchev–Trinajstić information content (AvgIpc) is 2.99. The lowest BCUT2D eigenvalue weighted by atomic mass is 10.2. The molecule has 0 spiro atoms. The van der Waals surface area contributed by atoms with Crippen LogP contribution in [0.25, 0.3) is 0 Å². The maximum Gasteiger partial charge on any atom is 0.415 e. The molecule has 4 aromatic rings. The number of hydrogen-bond acceptors (Lipinski definition) is 9. The summed E-state index contributed by atoms with van der Waals surface area (Å²) in [5.74, 6) is 2.19. The van der Waals surface area contributed by atoms with Gasteiger partial charge < -0.3 is 29.7 Å². The van der Waals surface area contributed by atoms with Gasteiger partial charge >= 0.3 is 6.09 Å². The maximum atomic E-state index is 12.6. The number of nitrogens with two attached hydrogens (primary N) is 1. The molecule has 0 aliphatic carbocycles. The number of benzene rings is 3. The molecule has 2 amide bonds. The number of aromatic nitrogens is 1. The first-order valence-electron chi connectivity index (χ1n) is 12.5. The average molecular weight is 542 g/mol. The maximum absolute atomic E-state index is 12.6. The molecule has 1 aromatic heterocycles. The molecule has 0 saturated carbocycles. The summed E-state index contributed by atoms with van der Waals surface area (Å²) in [7, 11) is 0. The molecule has 4 N–H and O–H groups in total. The Balaban J connectivity index is 1.22. The molecule has 0 radical (unpaired) electrons. The summed E-state index contributed by atoms with van der Waals surface area (Å²) in [4.78, 5) is 32.8. The zero-order valence-electron chi connectivity index (χ0n) is 21.4. The van der Waals surface area contributed by atoms with E-state index in [1.807, 2.05) is 40.7 Å². The van der Waals surface area contributed by atoms with Crippen molar-refractivity contribution in [3.05, 3.63) is 96.6 Å². The number of rotatable bonds is 8. The second kappa shape index (κ2) is 12.0. The number of hydrogen-bond donors (Lipinski definition) is 3. The van der Waals surface area contributed by atoms with E-state index in [1.54, 1.807) is 65.6 Å². The Kier molecular flexibility index (Phi) is 7.93. The molecule has 0 atom stereocenters. The van der Waals surface area contributed by atoms with Crippen molar-refractivity contribution < 1.29 is 29.0 Å². The molecule has 1 saturated heterocycles. The smallest absolute Gasteiger partial charge is 0.415 e. The highest BCUT2D eigenvalue weighted by atomic mass is 16.6. The summed E-state index contributed by atoms with van der Waals surface area (Å²) in [6.07, 6.45) is -0.467. The minimum Gasteiger partial charge on any atom is -0.457 e. The highest BCUT2D eigenvalue weighted by molar-refractivity contribution is 5.95. The molecule has 5 rings (SSSR count). The molecule has 11 heteroatoms. The predicted octanol–water partition coefficient (Wildman–Crippen LogP) is 4.89.